The molecule has 2 aliphatic rings. The average molecular weight is 528 g/mol. The molecule has 10 heteroatoms. The molecule has 0 saturated heterocycles. The zero-order chi connectivity index (χ0) is 26.5. The first-order valence-corrected chi connectivity index (χ1v) is 13.0. The van der Waals surface area contributed by atoms with Crippen molar-refractivity contribution in [1.82, 2.24) is 10.2 Å². The van der Waals surface area contributed by atoms with Crippen molar-refractivity contribution >= 4 is 51.9 Å². The van der Waals surface area contributed by atoms with Crippen LogP contribution in [0.25, 0.3) is 0 Å². The maximum Gasteiger partial charge on any atom is 0.259 e. The Morgan fingerprint density at radius 2 is 1.79 bits per heavy atom. The van der Waals surface area contributed by atoms with Crippen LogP contribution in [0.3, 0.4) is 0 Å². The minimum Gasteiger partial charge on any atom is -0.497 e. The highest BCUT2D eigenvalue weighted by Crippen LogP contribution is 2.34. The highest BCUT2D eigenvalue weighted by atomic mass is 32.2. The Kier molecular flexibility index (Phi) is 7.50. The lowest BCUT2D eigenvalue weighted by Crippen LogP contribution is -2.42. The Bertz CT molecular complexity index is 1440. The van der Waals surface area contributed by atoms with Crippen LogP contribution < -0.4 is 15.4 Å². The van der Waals surface area contributed by atoms with Crippen LogP contribution in [0.2, 0.25) is 0 Å². The SMILES string of the molecule is COc1cccc(NC(=O)CSC2=Nc3ccccc3C3=N[C@@H](CC(=O)NCc4ccccc4)C(=O)N23)c1. The molecule has 192 valence electrons. The monoisotopic (exact) mass is 527 g/mol. The van der Waals surface area contributed by atoms with E-state index < -0.39 is 6.04 Å². The van der Waals surface area contributed by atoms with Gasteiger partial charge in [-0.3, -0.25) is 19.4 Å². The van der Waals surface area contributed by atoms with Crippen molar-refractivity contribution in [2.24, 2.45) is 9.98 Å². The quantitative estimate of drug-likeness (QED) is 0.464. The first kappa shape index (κ1) is 25.2. The molecule has 2 heterocycles. The Morgan fingerprint density at radius 1 is 1.00 bits per heavy atom. The number of fused-ring (bicyclic) bond motifs is 3. The summed E-state index contributed by atoms with van der Waals surface area (Å²) in [6, 6.07) is 23.1. The molecule has 3 aromatic rings. The molecule has 2 N–H and O–H groups in total. The Morgan fingerprint density at radius 3 is 2.61 bits per heavy atom. The van der Waals surface area contributed by atoms with Crippen LogP contribution in [0.1, 0.15) is 17.5 Å². The van der Waals surface area contributed by atoms with Crippen LogP contribution in [0.5, 0.6) is 5.75 Å². The molecule has 38 heavy (non-hydrogen) atoms. The second-order valence-corrected chi connectivity index (χ2v) is 9.53. The number of amides is 3. The number of nitrogens with zero attached hydrogens (tertiary/aromatic N) is 3. The van der Waals surface area contributed by atoms with Crippen LogP contribution in [-0.2, 0) is 20.9 Å². The van der Waals surface area contributed by atoms with Gasteiger partial charge in [0.2, 0.25) is 11.8 Å². The first-order chi connectivity index (χ1) is 18.5. The van der Waals surface area contributed by atoms with E-state index in [0.29, 0.717) is 40.2 Å². The summed E-state index contributed by atoms with van der Waals surface area (Å²) in [5, 5.41) is 6.03. The summed E-state index contributed by atoms with van der Waals surface area (Å²) in [5.41, 5.74) is 2.93. The number of hydrogen-bond donors (Lipinski definition) is 2. The molecule has 0 saturated carbocycles. The topological polar surface area (TPSA) is 112 Å². The molecular weight excluding hydrogens is 502 g/mol. The second-order valence-electron chi connectivity index (χ2n) is 8.59. The number of aliphatic imine (C=N–C) groups is 2. The molecule has 3 amide bonds. The molecule has 0 spiro atoms. The molecule has 0 aliphatic carbocycles. The Hall–Kier alpha value is -4.44. The van der Waals surface area contributed by atoms with Gasteiger partial charge in [0.1, 0.15) is 17.6 Å². The lowest BCUT2D eigenvalue weighted by molar-refractivity contribution is -0.128. The van der Waals surface area contributed by atoms with Gasteiger partial charge in [0.15, 0.2) is 5.17 Å². The highest BCUT2D eigenvalue weighted by Gasteiger charge is 2.42. The van der Waals surface area contributed by atoms with E-state index in [9.17, 15) is 14.4 Å². The third kappa shape index (κ3) is 5.60. The van der Waals surface area contributed by atoms with Gasteiger partial charge in [-0.1, -0.05) is 60.3 Å². The molecule has 3 aromatic carbocycles. The minimum absolute atomic E-state index is 0.0253. The third-order valence-corrected chi connectivity index (χ3v) is 6.88. The van der Waals surface area contributed by atoms with Gasteiger partial charge in [-0.2, -0.15) is 0 Å². The summed E-state index contributed by atoms with van der Waals surface area (Å²) in [6.07, 6.45) is -0.0812. The zero-order valence-electron chi connectivity index (χ0n) is 20.6. The molecule has 5 rings (SSSR count). The van der Waals surface area contributed by atoms with Crippen LogP contribution >= 0.6 is 11.8 Å². The number of amidine groups is 2. The van der Waals surface area contributed by atoms with E-state index in [4.69, 9.17) is 4.74 Å². The lowest BCUT2D eigenvalue weighted by Gasteiger charge is -2.25. The zero-order valence-corrected chi connectivity index (χ0v) is 21.4. The van der Waals surface area contributed by atoms with Gasteiger partial charge in [-0.05, 0) is 29.8 Å². The van der Waals surface area contributed by atoms with Crippen molar-refractivity contribution in [3.05, 3.63) is 90.0 Å². The van der Waals surface area contributed by atoms with Gasteiger partial charge < -0.3 is 15.4 Å². The number of thioether (sulfide) groups is 1. The number of carbonyl (C=O) groups is 3. The van der Waals surface area contributed by atoms with E-state index in [0.717, 1.165) is 17.3 Å². The standard InChI is InChI=1S/C28H25N5O4S/c1-37-20-11-7-10-19(14-20)30-25(35)17-38-28-32-22-13-6-5-12-21(22)26-31-23(27(36)33(26)28)15-24(34)29-16-18-8-3-2-4-9-18/h2-14,23H,15-17H2,1H3,(H,29,34)(H,30,35)/t23-/m0/s1. The van der Waals surface area contributed by atoms with E-state index in [2.05, 4.69) is 20.6 Å². The molecule has 0 radical (unpaired) electrons. The number of carbonyl (C=O) groups excluding carboxylic acids is 3. The number of anilines is 1. The summed E-state index contributed by atoms with van der Waals surface area (Å²) in [4.78, 5) is 49.4. The van der Waals surface area contributed by atoms with Gasteiger partial charge >= 0.3 is 0 Å². The molecule has 0 unspecified atom stereocenters. The molecule has 9 nitrogen and oxygen atoms in total. The minimum atomic E-state index is -0.872. The number of para-hydroxylation sites is 1. The van der Waals surface area contributed by atoms with Crippen molar-refractivity contribution in [1.29, 1.82) is 0 Å². The van der Waals surface area contributed by atoms with Crippen molar-refractivity contribution < 1.29 is 19.1 Å². The molecular formula is C28H25N5O4S. The van der Waals surface area contributed by atoms with E-state index in [1.165, 1.54) is 4.90 Å². The van der Waals surface area contributed by atoms with Crippen molar-refractivity contribution in [2.75, 3.05) is 18.2 Å². The Balaban J connectivity index is 1.28. The van der Waals surface area contributed by atoms with Gasteiger partial charge in [-0.25, -0.2) is 9.89 Å². The third-order valence-electron chi connectivity index (χ3n) is 5.94. The van der Waals surface area contributed by atoms with E-state index >= 15 is 0 Å². The fourth-order valence-corrected chi connectivity index (χ4v) is 4.90. The van der Waals surface area contributed by atoms with Crippen LogP contribution in [0.15, 0.2) is 88.8 Å². The van der Waals surface area contributed by atoms with Gasteiger partial charge in [0.05, 0.1) is 25.0 Å². The lowest BCUT2D eigenvalue weighted by atomic mass is 10.1. The summed E-state index contributed by atoms with van der Waals surface area (Å²) in [6.45, 7) is 0.370. The second kappa shape index (κ2) is 11.3. The molecule has 0 aromatic heterocycles. The maximum atomic E-state index is 13.4. The predicted octanol–water partition coefficient (Wildman–Crippen LogP) is 3.73. The van der Waals surface area contributed by atoms with Crippen molar-refractivity contribution in [3.8, 4) is 5.75 Å². The number of methoxy groups -OCH3 is 1. The van der Waals surface area contributed by atoms with E-state index in [1.54, 1.807) is 31.4 Å². The molecule has 1 atom stereocenters. The summed E-state index contributed by atoms with van der Waals surface area (Å²) >= 11 is 1.14. The largest absolute Gasteiger partial charge is 0.497 e. The van der Waals surface area contributed by atoms with E-state index in [-0.39, 0.29) is 29.9 Å². The fraction of sp³-hybridized carbons (Fsp3) is 0.179. The first-order valence-electron chi connectivity index (χ1n) is 12.0. The highest BCUT2D eigenvalue weighted by molar-refractivity contribution is 8.14. The number of benzene rings is 3. The number of nitrogens with one attached hydrogen (secondary N) is 2. The predicted molar refractivity (Wildman–Crippen MR) is 148 cm³/mol. The summed E-state index contributed by atoms with van der Waals surface area (Å²) in [5.74, 6) is 0.227. The number of ether oxygens (including phenoxy) is 1. The van der Waals surface area contributed by atoms with Gasteiger partial charge in [0.25, 0.3) is 5.91 Å². The summed E-state index contributed by atoms with van der Waals surface area (Å²) in [7, 11) is 1.56. The number of rotatable bonds is 8. The van der Waals surface area contributed by atoms with Crippen LogP contribution in [0.4, 0.5) is 11.4 Å². The maximum absolute atomic E-state index is 13.4. The molecule has 0 bridgehead atoms. The number of hydrogen-bond acceptors (Lipinski definition) is 7. The van der Waals surface area contributed by atoms with E-state index in [1.807, 2.05) is 54.6 Å². The van der Waals surface area contributed by atoms with Gasteiger partial charge in [-0.15, -0.1) is 0 Å². The normalized spacial score (nSPS) is 15.7. The fourth-order valence-electron chi connectivity index (χ4n) is 4.10. The average Bonchev–Trinajstić information content (AvgIpc) is 3.27. The van der Waals surface area contributed by atoms with Crippen molar-refractivity contribution in [3.63, 3.8) is 0 Å². The van der Waals surface area contributed by atoms with Crippen LogP contribution in [0, 0.1) is 0 Å². The molecule has 2 aliphatic heterocycles. The van der Waals surface area contributed by atoms with Crippen LogP contribution in [-0.4, -0.2) is 52.5 Å². The smallest absolute Gasteiger partial charge is 0.259 e. The Labute approximate surface area is 224 Å². The molecule has 0 fully saturated rings. The summed E-state index contributed by atoms with van der Waals surface area (Å²) < 4.78 is 5.20. The van der Waals surface area contributed by atoms with Gasteiger partial charge in [0, 0.05) is 23.9 Å². The van der Waals surface area contributed by atoms with Crippen molar-refractivity contribution in [2.45, 2.75) is 19.0 Å².